The molecule has 0 spiro atoms. The summed E-state index contributed by atoms with van der Waals surface area (Å²) in [5.41, 5.74) is 2.53. The maximum absolute atomic E-state index is 13.7. The lowest BCUT2D eigenvalue weighted by Gasteiger charge is -2.01. The Bertz CT molecular complexity index is 683. The summed E-state index contributed by atoms with van der Waals surface area (Å²) in [7, 11) is 0. The predicted octanol–water partition coefficient (Wildman–Crippen LogP) is 4.30. The molecule has 0 radical (unpaired) electrons. The fraction of sp³-hybridized carbons (Fsp3) is 0.0625. The van der Waals surface area contributed by atoms with Crippen LogP contribution < -0.4 is 0 Å². The van der Waals surface area contributed by atoms with E-state index < -0.39 is 5.82 Å². The van der Waals surface area contributed by atoms with Crippen molar-refractivity contribution in [2.45, 2.75) is 6.42 Å². The number of halogens is 2. The molecule has 1 nitrogen and oxygen atoms in total. The van der Waals surface area contributed by atoms with E-state index in [4.69, 9.17) is 11.6 Å². The van der Waals surface area contributed by atoms with E-state index in [1.807, 2.05) is 18.2 Å². The van der Waals surface area contributed by atoms with Crippen molar-refractivity contribution in [1.29, 1.82) is 0 Å². The number of benzene rings is 2. The van der Waals surface area contributed by atoms with Gasteiger partial charge >= 0.3 is 0 Å². The van der Waals surface area contributed by atoms with E-state index in [0.717, 1.165) is 5.56 Å². The van der Waals surface area contributed by atoms with Crippen LogP contribution >= 0.6 is 11.6 Å². The van der Waals surface area contributed by atoms with Crippen LogP contribution in [0.15, 0.2) is 48.0 Å². The molecule has 0 unspecified atom stereocenters. The number of Topliss-reactive ketones (excluding diaryl/α,β-unsaturated/α-hetero) is 1. The summed E-state index contributed by atoms with van der Waals surface area (Å²) < 4.78 is 13.7. The third-order valence-corrected chi connectivity index (χ3v) is 3.58. The van der Waals surface area contributed by atoms with Gasteiger partial charge in [0, 0.05) is 23.1 Å². The van der Waals surface area contributed by atoms with E-state index in [1.165, 1.54) is 6.07 Å². The van der Waals surface area contributed by atoms with Gasteiger partial charge in [-0.1, -0.05) is 41.9 Å². The van der Waals surface area contributed by atoms with Gasteiger partial charge in [-0.3, -0.25) is 4.79 Å². The number of ketones is 1. The SMILES string of the molecule is O=C1/C(=C\c2c(F)cccc2Cl)Cc2ccccc21. The zero-order valence-corrected chi connectivity index (χ0v) is 10.7. The first-order valence-electron chi connectivity index (χ1n) is 5.94. The lowest BCUT2D eigenvalue weighted by molar-refractivity contribution is 0.104. The molecule has 0 atom stereocenters. The second kappa shape index (κ2) is 4.63. The molecule has 0 N–H and O–H groups in total. The summed E-state index contributed by atoms with van der Waals surface area (Å²) in [5, 5.41) is 0.316. The maximum atomic E-state index is 13.7. The number of rotatable bonds is 1. The smallest absolute Gasteiger partial charge is 0.189 e. The lowest BCUT2D eigenvalue weighted by atomic mass is 10.1. The van der Waals surface area contributed by atoms with Gasteiger partial charge in [0.05, 0.1) is 5.02 Å². The van der Waals surface area contributed by atoms with Crippen molar-refractivity contribution in [3.8, 4) is 0 Å². The second-order valence-electron chi connectivity index (χ2n) is 4.47. The fourth-order valence-electron chi connectivity index (χ4n) is 2.29. The quantitative estimate of drug-likeness (QED) is 0.707. The topological polar surface area (TPSA) is 17.1 Å². The lowest BCUT2D eigenvalue weighted by Crippen LogP contribution is -1.96. The first kappa shape index (κ1) is 12.1. The van der Waals surface area contributed by atoms with E-state index in [9.17, 15) is 9.18 Å². The van der Waals surface area contributed by atoms with Gasteiger partial charge in [-0.25, -0.2) is 4.39 Å². The van der Waals surface area contributed by atoms with Gasteiger partial charge in [-0.05, 0) is 23.8 Å². The van der Waals surface area contributed by atoms with E-state index in [1.54, 1.807) is 24.3 Å². The minimum absolute atomic E-state index is 0.0464. The number of carbonyl (C=O) groups is 1. The molecule has 0 aliphatic heterocycles. The number of carbonyl (C=O) groups excluding carboxylic acids is 1. The normalized spacial score (nSPS) is 15.9. The van der Waals surface area contributed by atoms with Gasteiger partial charge in [0.1, 0.15) is 5.82 Å². The molecule has 19 heavy (non-hydrogen) atoms. The summed E-state index contributed by atoms with van der Waals surface area (Å²) in [6.45, 7) is 0. The van der Waals surface area contributed by atoms with Crippen LogP contribution in [0, 0.1) is 5.82 Å². The van der Waals surface area contributed by atoms with Crippen LogP contribution in [0.4, 0.5) is 4.39 Å². The zero-order chi connectivity index (χ0) is 13.4. The largest absolute Gasteiger partial charge is 0.289 e. The van der Waals surface area contributed by atoms with Crippen LogP contribution in [0.5, 0.6) is 0 Å². The van der Waals surface area contributed by atoms with Gasteiger partial charge in [0.25, 0.3) is 0 Å². The van der Waals surface area contributed by atoms with Crippen molar-refractivity contribution in [1.82, 2.24) is 0 Å². The monoisotopic (exact) mass is 272 g/mol. The van der Waals surface area contributed by atoms with Crippen molar-refractivity contribution >= 4 is 23.5 Å². The Hall–Kier alpha value is -1.93. The van der Waals surface area contributed by atoms with Crippen LogP contribution in [-0.2, 0) is 6.42 Å². The molecule has 0 amide bonds. The van der Waals surface area contributed by atoms with E-state index in [0.29, 0.717) is 22.6 Å². The van der Waals surface area contributed by atoms with Gasteiger partial charge in [0.2, 0.25) is 0 Å². The van der Waals surface area contributed by atoms with Crippen LogP contribution in [0.1, 0.15) is 21.5 Å². The Morgan fingerprint density at radius 1 is 1.11 bits per heavy atom. The Labute approximate surface area is 115 Å². The molecular formula is C16H10ClFO. The predicted molar refractivity (Wildman–Crippen MR) is 73.9 cm³/mol. The molecule has 0 saturated heterocycles. The van der Waals surface area contributed by atoms with Crippen molar-refractivity contribution in [3.63, 3.8) is 0 Å². The van der Waals surface area contributed by atoms with Crippen LogP contribution in [0.3, 0.4) is 0 Å². The highest BCUT2D eigenvalue weighted by molar-refractivity contribution is 6.32. The molecule has 2 aromatic rings. The maximum Gasteiger partial charge on any atom is 0.189 e. The van der Waals surface area contributed by atoms with Gasteiger partial charge in [-0.15, -0.1) is 0 Å². The Kier molecular flexibility index (Phi) is 2.96. The van der Waals surface area contributed by atoms with Crippen LogP contribution in [0.25, 0.3) is 6.08 Å². The average molecular weight is 273 g/mol. The number of hydrogen-bond donors (Lipinski definition) is 0. The van der Waals surface area contributed by atoms with Crippen LogP contribution in [0.2, 0.25) is 5.02 Å². The number of fused-ring (bicyclic) bond motifs is 1. The van der Waals surface area contributed by atoms with Crippen molar-refractivity contribution in [2.75, 3.05) is 0 Å². The van der Waals surface area contributed by atoms with Crippen LogP contribution in [-0.4, -0.2) is 5.78 Å². The second-order valence-corrected chi connectivity index (χ2v) is 4.88. The van der Waals surface area contributed by atoms with E-state index in [2.05, 4.69) is 0 Å². The highest BCUT2D eigenvalue weighted by Gasteiger charge is 2.24. The Morgan fingerprint density at radius 3 is 2.63 bits per heavy atom. The number of hydrogen-bond acceptors (Lipinski definition) is 1. The third-order valence-electron chi connectivity index (χ3n) is 3.25. The van der Waals surface area contributed by atoms with Crippen molar-refractivity contribution < 1.29 is 9.18 Å². The van der Waals surface area contributed by atoms with Gasteiger partial charge < -0.3 is 0 Å². The molecular weight excluding hydrogens is 263 g/mol. The summed E-state index contributed by atoms with van der Waals surface area (Å²) in [5.74, 6) is -0.460. The Morgan fingerprint density at radius 2 is 1.89 bits per heavy atom. The molecule has 0 aromatic heterocycles. The van der Waals surface area contributed by atoms with E-state index in [-0.39, 0.29) is 11.3 Å². The summed E-state index contributed by atoms with van der Waals surface area (Å²) in [6.07, 6.45) is 2.08. The first-order valence-corrected chi connectivity index (χ1v) is 6.32. The summed E-state index contributed by atoms with van der Waals surface area (Å²) in [6, 6.07) is 11.9. The summed E-state index contributed by atoms with van der Waals surface area (Å²) >= 11 is 5.97. The van der Waals surface area contributed by atoms with E-state index >= 15 is 0 Å². The fourth-order valence-corrected chi connectivity index (χ4v) is 2.51. The first-order chi connectivity index (χ1) is 9.16. The molecule has 3 heteroatoms. The molecule has 0 bridgehead atoms. The minimum Gasteiger partial charge on any atom is -0.289 e. The molecule has 0 saturated carbocycles. The molecule has 0 heterocycles. The van der Waals surface area contributed by atoms with Crippen molar-refractivity contribution in [2.24, 2.45) is 0 Å². The highest BCUT2D eigenvalue weighted by Crippen LogP contribution is 2.30. The minimum atomic E-state index is -0.413. The highest BCUT2D eigenvalue weighted by atomic mass is 35.5. The zero-order valence-electron chi connectivity index (χ0n) is 9.99. The molecule has 0 fully saturated rings. The third kappa shape index (κ3) is 2.08. The van der Waals surface area contributed by atoms with Gasteiger partial charge in [-0.2, -0.15) is 0 Å². The standard InChI is InChI=1S/C16H10ClFO/c17-14-6-3-7-15(18)13(14)9-11-8-10-4-1-2-5-12(10)16(11)19/h1-7,9H,8H2/b11-9-. The molecule has 94 valence electrons. The van der Waals surface area contributed by atoms with Crippen molar-refractivity contribution in [3.05, 3.63) is 75.6 Å². The molecule has 2 aromatic carbocycles. The molecule has 1 aliphatic rings. The Balaban J connectivity index is 2.06. The van der Waals surface area contributed by atoms with Gasteiger partial charge in [0.15, 0.2) is 5.78 Å². The molecule has 1 aliphatic carbocycles. The number of allylic oxidation sites excluding steroid dienone is 1. The average Bonchev–Trinajstić information content (AvgIpc) is 2.72. The molecule has 3 rings (SSSR count). The summed E-state index contributed by atoms with van der Waals surface area (Å²) in [4.78, 5) is 12.2.